The summed E-state index contributed by atoms with van der Waals surface area (Å²) in [6, 6.07) is 6.90. The largest absolute Gasteiger partial charge is 0.350 e. The van der Waals surface area contributed by atoms with Crippen molar-refractivity contribution in [2.75, 3.05) is 24.2 Å². The zero-order valence-corrected chi connectivity index (χ0v) is 17.7. The Kier molecular flexibility index (Phi) is 8.00. The van der Waals surface area contributed by atoms with Crippen LogP contribution in [0.15, 0.2) is 24.3 Å². The van der Waals surface area contributed by atoms with Crippen molar-refractivity contribution in [2.24, 2.45) is 5.92 Å². The molecule has 1 aromatic rings. The van der Waals surface area contributed by atoms with Gasteiger partial charge in [0.2, 0.25) is 15.9 Å². The molecule has 1 aromatic carbocycles. The summed E-state index contributed by atoms with van der Waals surface area (Å²) < 4.78 is 26.1. The van der Waals surface area contributed by atoms with Crippen LogP contribution >= 0.6 is 0 Å². The van der Waals surface area contributed by atoms with Gasteiger partial charge >= 0.3 is 0 Å². The number of anilines is 1. The normalized spacial score (nSPS) is 16.1. The fourth-order valence-electron chi connectivity index (χ4n) is 3.22. The quantitative estimate of drug-likeness (QED) is 0.690. The van der Waals surface area contributed by atoms with E-state index in [2.05, 4.69) is 10.6 Å². The van der Waals surface area contributed by atoms with Gasteiger partial charge in [-0.3, -0.25) is 9.59 Å². The van der Waals surface area contributed by atoms with Crippen molar-refractivity contribution in [3.8, 4) is 0 Å². The van der Waals surface area contributed by atoms with Gasteiger partial charge in [0.15, 0.2) is 0 Å². The first-order valence-electron chi connectivity index (χ1n) is 9.93. The van der Waals surface area contributed by atoms with E-state index in [1.807, 2.05) is 20.8 Å². The fraction of sp³-hybridized carbons (Fsp3) is 0.600. The average Bonchev–Trinajstić information content (AvgIpc) is 2.66. The lowest BCUT2D eigenvalue weighted by Crippen LogP contribution is -2.42. The molecule has 1 fully saturated rings. The molecule has 1 heterocycles. The first-order chi connectivity index (χ1) is 13.2. The standard InChI is InChI=1S/C20H31N3O4S/c1-4-5-14-28(26,27)23-12-10-16(11-13-23)19(24)22-18-9-7-6-8-17(18)20(25)21-15(2)3/h6-9,15-16H,4-5,10-14H2,1-3H3,(H,21,25)(H,22,24). The van der Waals surface area contributed by atoms with E-state index in [-0.39, 0.29) is 29.5 Å². The predicted octanol–water partition coefficient (Wildman–Crippen LogP) is 2.61. The fourth-order valence-corrected chi connectivity index (χ4v) is 4.90. The van der Waals surface area contributed by atoms with Crippen molar-refractivity contribution in [1.82, 2.24) is 9.62 Å². The van der Waals surface area contributed by atoms with E-state index in [1.54, 1.807) is 24.3 Å². The van der Waals surface area contributed by atoms with E-state index < -0.39 is 10.0 Å². The van der Waals surface area contributed by atoms with Crippen molar-refractivity contribution in [2.45, 2.75) is 52.5 Å². The number of amides is 2. The van der Waals surface area contributed by atoms with E-state index >= 15 is 0 Å². The maximum absolute atomic E-state index is 12.7. The maximum atomic E-state index is 12.7. The SMILES string of the molecule is CCCCS(=O)(=O)N1CCC(C(=O)Nc2ccccc2C(=O)NC(C)C)CC1. The summed E-state index contributed by atoms with van der Waals surface area (Å²) in [6.45, 7) is 6.44. The van der Waals surface area contributed by atoms with Gasteiger partial charge in [-0.15, -0.1) is 0 Å². The highest BCUT2D eigenvalue weighted by atomic mass is 32.2. The molecule has 1 aliphatic heterocycles. The van der Waals surface area contributed by atoms with Gasteiger partial charge < -0.3 is 10.6 Å². The van der Waals surface area contributed by atoms with Crippen LogP contribution in [-0.2, 0) is 14.8 Å². The second kappa shape index (κ2) is 10.0. The number of hydrogen-bond donors (Lipinski definition) is 2. The third-order valence-corrected chi connectivity index (χ3v) is 6.78. The van der Waals surface area contributed by atoms with Gasteiger partial charge in [0, 0.05) is 25.0 Å². The lowest BCUT2D eigenvalue weighted by molar-refractivity contribution is -0.120. The number of para-hydroxylation sites is 1. The van der Waals surface area contributed by atoms with Crippen LogP contribution in [0.1, 0.15) is 56.8 Å². The number of hydrogen-bond acceptors (Lipinski definition) is 4. The minimum Gasteiger partial charge on any atom is -0.350 e. The molecule has 7 nitrogen and oxygen atoms in total. The van der Waals surface area contributed by atoms with Gasteiger partial charge in [-0.25, -0.2) is 12.7 Å². The summed E-state index contributed by atoms with van der Waals surface area (Å²) in [4.78, 5) is 25.0. The number of sulfonamides is 1. The number of nitrogens with zero attached hydrogens (tertiary/aromatic N) is 1. The van der Waals surface area contributed by atoms with Gasteiger partial charge in [0.05, 0.1) is 17.0 Å². The lowest BCUT2D eigenvalue weighted by Gasteiger charge is -2.30. The third-order valence-electron chi connectivity index (χ3n) is 4.82. The predicted molar refractivity (Wildman–Crippen MR) is 111 cm³/mol. The van der Waals surface area contributed by atoms with Gasteiger partial charge in [0.1, 0.15) is 0 Å². The minimum atomic E-state index is -3.23. The highest BCUT2D eigenvalue weighted by Gasteiger charge is 2.31. The Balaban J connectivity index is 1.98. The van der Waals surface area contributed by atoms with Crippen molar-refractivity contribution >= 4 is 27.5 Å². The van der Waals surface area contributed by atoms with Crippen LogP contribution in [0.25, 0.3) is 0 Å². The van der Waals surface area contributed by atoms with Gasteiger partial charge in [-0.05, 0) is 45.2 Å². The molecule has 2 N–H and O–H groups in total. The Morgan fingerprint density at radius 1 is 1.18 bits per heavy atom. The van der Waals surface area contributed by atoms with Crippen LogP contribution in [0.5, 0.6) is 0 Å². The van der Waals surface area contributed by atoms with E-state index in [0.717, 1.165) is 6.42 Å². The van der Waals surface area contributed by atoms with Crippen molar-refractivity contribution in [3.05, 3.63) is 29.8 Å². The van der Waals surface area contributed by atoms with Crippen LogP contribution in [0.4, 0.5) is 5.69 Å². The topological polar surface area (TPSA) is 95.6 Å². The van der Waals surface area contributed by atoms with E-state index in [4.69, 9.17) is 0 Å². The Bertz CT molecular complexity index is 784. The monoisotopic (exact) mass is 409 g/mol. The molecule has 0 spiro atoms. The van der Waals surface area contributed by atoms with Crippen molar-refractivity contribution in [1.29, 1.82) is 0 Å². The Morgan fingerprint density at radius 2 is 1.82 bits per heavy atom. The molecule has 0 saturated carbocycles. The molecule has 0 bridgehead atoms. The summed E-state index contributed by atoms with van der Waals surface area (Å²) in [5, 5.41) is 5.68. The molecule has 0 atom stereocenters. The maximum Gasteiger partial charge on any atom is 0.253 e. The molecule has 0 radical (unpaired) electrons. The number of rotatable bonds is 8. The number of benzene rings is 1. The summed E-state index contributed by atoms with van der Waals surface area (Å²) in [5.74, 6) is -0.504. The molecule has 8 heteroatoms. The smallest absolute Gasteiger partial charge is 0.253 e. The minimum absolute atomic E-state index is 0.00441. The molecule has 0 aromatic heterocycles. The molecule has 156 valence electrons. The number of carbonyl (C=O) groups excluding carboxylic acids is 2. The summed E-state index contributed by atoms with van der Waals surface area (Å²) in [6.07, 6.45) is 2.45. The average molecular weight is 410 g/mol. The molecule has 0 aliphatic carbocycles. The lowest BCUT2D eigenvalue weighted by atomic mass is 9.97. The van der Waals surface area contributed by atoms with Gasteiger partial charge in [-0.2, -0.15) is 0 Å². The van der Waals surface area contributed by atoms with E-state index in [9.17, 15) is 18.0 Å². The zero-order valence-electron chi connectivity index (χ0n) is 16.9. The summed E-state index contributed by atoms with van der Waals surface area (Å²) in [7, 11) is -3.23. The van der Waals surface area contributed by atoms with Gasteiger partial charge in [0.25, 0.3) is 5.91 Å². The number of carbonyl (C=O) groups is 2. The molecule has 2 rings (SSSR count). The Labute approximate surface area is 167 Å². The van der Waals surface area contributed by atoms with Crippen LogP contribution < -0.4 is 10.6 Å². The van der Waals surface area contributed by atoms with Crippen molar-refractivity contribution < 1.29 is 18.0 Å². The molecule has 0 unspecified atom stereocenters. The molecular formula is C20H31N3O4S. The highest BCUT2D eigenvalue weighted by molar-refractivity contribution is 7.89. The van der Waals surface area contributed by atoms with Gasteiger partial charge in [-0.1, -0.05) is 25.5 Å². The van der Waals surface area contributed by atoms with Crippen LogP contribution in [0, 0.1) is 5.92 Å². The highest BCUT2D eigenvalue weighted by Crippen LogP contribution is 2.23. The first-order valence-corrected chi connectivity index (χ1v) is 11.5. The molecule has 1 aliphatic rings. The molecule has 2 amide bonds. The molecule has 28 heavy (non-hydrogen) atoms. The number of unbranched alkanes of at least 4 members (excludes halogenated alkanes) is 1. The number of nitrogens with one attached hydrogen (secondary N) is 2. The summed E-state index contributed by atoms with van der Waals surface area (Å²) in [5.41, 5.74) is 0.896. The van der Waals surface area contributed by atoms with E-state index in [0.29, 0.717) is 43.6 Å². The van der Waals surface area contributed by atoms with E-state index in [1.165, 1.54) is 4.31 Å². The zero-order chi connectivity index (χ0) is 20.7. The number of piperidine rings is 1. The van der Waals surface area contributed by atoms with Crippen LogP contribution in [0.3, 0.4) is 0 Å². The second-order valence-electron chi connectivity index (χ2n) is 7.51. The first kappa shape index (κ1) is 22.4. The second-order valence-corrected chi connectivity index (χ2v) is 9.59. The molecular weight excluding hydrogens is 378 g/mol. The Hall–Kier alpha value is -1.93. The Morgan fingerprint density at radius 3 is 2.43 bits per heavy atom. The van der Waals surface area contributed by atoms with Crippen molar-refractivity contribution in [3.63, 3.8) is 0 Å². The summed E-state index contributed by atoms with van der Waals surface area (Å²) >= 11 is 0. The third kappa shape index (κ3) is 6.04. The van der Waals surface area contributed by atoms with Crippen LogP contribution in [0.2, 0.25) is 0 Å². The molecule has 1 saturated heterocycles. The van der Waals surface area contributed by atoms with Crippen LogP contribution in [-0.4, -0.2) is 49.4 Å².